The second-order valence-electron chi connectivity index (χ2n) is 7.38. The first-order chi connectivity index (χ1) is 14.6. The number of likely N-dealkylation sites (tertiary alicyclic amines) is 1. The molecule has 8 heteroatoms. The van der Waals surface area contributed by atoms with Crippen LogP contribution >= 0.6 is 15.9 Å². The van der Waals surface area contributed by atoms with Crippen LogP contribution in [0.5, 0.6) is 0 Å². The van der Waals surface area contributed by atoms with E-state index in [1.165, 1.54) is 9.80 Å². The number of ketones is 1. The highest BCUT2D eigenvalue weighted by molar-refractivity contribution is 9.10. The Morgan fingerprint density at radius 2 is 1.93 bits per heavy atom. The number of ether oxygens (including phenoxy) is 1. The summed E-state index contributed by atoms with van der Waals surface area (Å²) in [6.45, 7) is 4.18. The largest absolute Gasteiger partial charge is 0.872 e. The first-order valence-electron chi connectivity index (χ1n) is 9.90. The predicted octanol–water partition coefficient (Wildman–Crippen LogP) is -0.0168. The molecule has 0 aliphatic carbocycles. The van der Waals surface area contributed by atoms with Gasteiger partial charge in [0, 0.05) is 22.4 Å². The summed E-state index contributed by atoms with van der Waals surface area (Å²) in [6, 6.07) is 9.61. The zero-order valence-electron chi connectivity index (χ0n) is 16.3. The maximum Gasteiger partial charge on any atom is 0.295 e. The van der Waals surface area contributed by atoms with Crippen molar-refractivity contribution in [2.24, 2.45) is 0 Å². The van der Waals surface area contributed by atoms with E-state index in [4.69, 9.17) is 4.74 Å². The highest BCUT2D eigenvalue weighted by atomic mass is 79.9. The molecule has 1 unspecified atom stereocenters. The van der Waals surface area contributed by atoms with E-state index in [1.54, 1.807) is 48.8 Å². The van der Waals surface area contributed by atoms with E-state index < -0.39 is 23.5 Å². The summed E-state index contributed by atoms with van der Waals surface area (Å²) in [6.07, 6.45) is 3.24. The fraction of sp³-hybridized carbons (Fsp3) is 0.318. The molecule has 7 nitrogen and oxygen atoms in total. The minimum absolute atomic E-state index is 0.00713. The van der Waals surface area contributed by atoms with Crippen LogP contribution in [0.1, 0.15) is 17.2 Å². The predicted molar refractivity (Wildman–Crippen MR) is 111 cm³/mol. The Morgan fingerprint density at radius 1 is 1.20 bits per heavy atom. The number of aromatic nitrogens is 1. The molecule has 2 aliphatic heterocycles. The van der Waals surface area contributed by atoms with Crippen LogP contribution in [0.4, 0.5) is 0 Å². The van der Waals surface area contributed by atoms with Gasteiger partial charge in [0.05, 0.1) is 32.3 Å². The second kappa shape index (κ2) is 9.07. The summed E-state index contributed by atoms with van der Waals surface area (Å²) in [5.41, 5.74) is 1.03. The van der Waals surface area contributed by atoms with E-state index in [1.807, 2.05) is 0 Å². The van der Waals surface area contributed by atoms with Gasteiger partial charge in [0.2, 0.25) is 5.78 Å². The third kappa shape index (κ3) is 4.16. The van der Waals surface area contributed by atoms with Crippen molar-refractivity contribution in [2.45, 2.75) is 6.04 Å². The fourth-order valence-electron chi connectivity index (χ4n) is 3.93. The van der Waals surface area contributed by atoms with Crippen LogP contribution in [0.3, 0.4) is 0 Å². The Labute approximate surface area is 183 Å². The number of carbonyl (C=O) groups is 2. The molecule has 1 atom stereocenters. The molecule has 2 fully saturated rings. The number of hydrogen-bond acceptors (Lipinski definition) is 5. The van der Waals surface area contributed by atoms with Gasteiger partial charge in [0.25, 0.3) is 5.91 Å². The van der Waals surface area contributed by atoms with Crippen LogP contribution in [0.2, 0.25) is 0 Å². The molecule has 1 aromatic heterocycles. The Balaban J connectivity index is 1.71. The van der Waals surface area contributed by atoms with Crippen molar-refractivity contribution in [3.05, 3.63) is 70.0 Å². The number of morpholine rings is 1. The van der Waals surface area contributed by atoms with Crippen molar-refractivity contribution >= 4 is 33.4 Å². The lowest BCUT2D eigenvalue weighted by Crippen LogP contribution is -3.14. The highest BCUT2D eigenvalue weighted by Crippen LogP contribution is 2.38. The van der Waals surface area contributed by atoms with Gasteiger partial charge in [0.1, 0.15) is 13.1 Å². The van der Waals surface area contributed by atoms with E-state index >= 15 is 0 Å². The van der Waals surface area contributed by atoms with Crippen LogP contribution in [-0.2, 0) is 14.3 Å². The van der Waals surface area contributed by atoms with Gasteiger partial charge in [0.15, 0.2) is 0 Å². The van der Waals surface area contributed by atoms with Gasteiger partial charge < -0.3 is 19.6 Å². The molecule has 4 rings (SSSR count). The van der Waals surface area contributed by atoms with Gasteiger partial charge >= 0.3 is 0 Å². The first kappa shape index (κ1) is 20.7. The van der Waals surface area contributed by atoms with Gasteiger partial charge in [-0.15, -0.1) is 0 Å². The quantitative estimate of drug-likeness (QED) is 0.376. The second-order valence-corrected chi connectivity index (χ2v) is 8.29. The van der Waals surface area contributed by atoms with Gasteiger partial charge in [-0.3, -0.25) is 14.6 Å². The summed E-state index contributed by atoms with van der Waals surface area (Å²) in [7, 11) is 0. The van der Waals surface area contributed by atoms with Crippen molar-refractivity contribution in [3.63, 3.8) is 0 Å². The number of nitrogens with one attached hydrogen (secondary N) is 1. The van der Waals surface area contributed by atoms with Crippen molar-refractivity contribution < 1.29 is 24.3 Å². The molecule has 2 aromatic rings. The van der Waals surface area contributed by atoms with Gasteiger partial charge in [-0.1, -0.05) is 39.9 Å². The maximum atomic E-state index is 13.3. The minimum Gasteiger partial charge on any atom is -0.872 e. The number of rotatable bonds is 5. The normalized spacial score (nSPS) is 21.9. The molecule has 2 aliphatic rings. The van der Waals surface area contributed by atoms with E-state index in [9.17, 15) is 14.7 Å². The summed E-state index contributed by atoms with van der Waals surface area (Å²) >= 11 is 3.35. The average molecular weight is 472 g/mol. The number of pyridine rings is 1. The smallest absolute Gasteiger partial charge is 0.295 e. The van der Waals surface area contributed by atoms with Crippen molar-refractivity contribution in [1.82, 2.24) is 9.88 Å². The van der Waals surface area contributed by atoms with Crippen LogP contribution in [0, 0.1) is 0 Å². The molecule has 30 heavy (non-hydrogen) atoms. The molecule has 3 heterocycles. The molecule has 0 bridgehead atoms. The minimum atomic E-state index is -0.728. The van der Waals surface area contributed by atoms with Crippen LogP contribution < -0.4 is 10.0 Å². The van der Waals surface area contributed by atoms with Crippen molar-refractivity contribution in [3.8, 4) is 0 Å². The Hall–Kier alpha value is -2.55. The molecule has 1 N–H and O–H groups in total. The SMILES string of the molecule is O=C1C(=O)N(CC[NH+]2CCOCC2)C(c2cccnc2)/C1=C(\[O-])c1ccc(Br)cc1. The summed E-state index contributed by atoms with van der Waals surface area (Å²) in [5, 5.41) is 13.3. The maximum absolute atomic E-state index is 13.3. The standard InChI is InChI=1S/C22H22BrN3O4/c23-17-5-3-15(4-6-17)20(27)18-19(16-2-1-7-24-14-16)26(22(29)21(18)28)9-8-25-10-12-30-13-11-25/h1-7,14,19,27H,8-13H2/b20-18+. The number of carbonyl (C=O) groups excluding carboxylic acids is 2. The van der Waals surface area contributed by atoms with Gasteiger partial charge in [-0.2, -0.15) is 0 Å². The molecule has 0 spiro atoms. The van der Waals surface area contributed by atoms with Crippen LogP contribution in [0.25, 0.3) is 5.76 Å². The number of Topliss-reactive ketones (excluding diaryl/α,β-unsaturated/α-hetero) is 1. The van der Waals surface area contributed by atoms with E-state index in [2.05, 4.69) is 20.9 Å². The molecular weight excluding hydrogens is 450 g/mol. The lowest BCUT2D eigenvalue weighted by Gasteiger charge is -2.30. The van der Waals surface area contributed by atoms with Gasteiger partial charge in [-0.05, 0) is 29.3 Å². The zero-order chi connectivity index (χ0) is 21.1. The van der Waals surface area contributed by atoms with Crippen molar-refractivity contribution in [1.29, 1.82) is 0 Å². The number of nitrogens with zero attached hydrogens (tertiary/aromatic N) is 2. The third-order valence-corrected chi connectivity index (χ3v) is 6.07. The lowest BCUT2D eigenvalue weighted by molar-refractivity contribution is -0.907. The third-order valence-electron chi connectivity index (χ3n) is 5.54. The molecule has 2 saturated heterocycles. The van der Waals surface area contributed by atoms with Gasteiger partial charge in [-0.25, -0.2) is 0 Å². The topological polar surface area (TPSA) is 87.0 Å². The number of amides is 1. The number of hydrogen-bond donors (Lipinski definition) is 1. The monoisotopic (exact) mass is 471 g/mol. The number of halogens is 1. The zero-order valence-corrected chi connectivity index (χ0v) is 17.9. The summed E-state index contributed by atoms with van der Waals surface area (Å²) in [4.78, 5) is 32.8. The molecule has 0 radical (unpaired) electrons. The number of quaternary nitrogens is 1. The van der Waals surface area contributed by atoms with E-state index in [0.717, 1.165) is 17.6 Å². The summed E-state index contributed by atoms with van der Waals surface area (Å²) in [5.74, 6) is -1.78. The van der Waals surface area contributed by atoms with E-state index in [0.29, 0.717) is 37.4 Å². The van der Waals surface area contributed by atoms with Crippen LogP contribution in [0.15, 0.2) is 58.8 Å². The Kier molecular flexibility index (Phi) is 6.26. The molecule has 0 saturated carbocycles. The Morgan fingerprint density at radius 3 is 2.60 bits per heavy atom. The first-order valence-corrected chi connectivity index (χ1v) is 10.7. The van der Waals surface area contributed by atoms with E-state index in [-0.39, 0.29) is 5.57 Å². The average Bonchev–Trinajstić information content (AvgIpc) is 3.04. The van der Waals surface area contributed by atoms with Crippen LogP contribution in [-0.4, -0.2) is 61.0 Å². The fourth-order valence-corrected chi connectivity index (χ4v) is 4.19. The lowest BCUT2D eigenvalue weighted by atomic mass is 9.96. The molecule has 1 aromatic carbocycles. The highest BCUT2D eigenvalue weighted by Gasteiger charge is 2.44. The molecular formula is C22H22BrN3O4. The number of benzene rings is 1. The molecule has 1 amide bonds. The summed E-state index contributed by atoms with van der Waals surface area (Å²) < 4.78 is 6.22. The Bertz CT molecular complexity index is 956. The van der Waals surface area contributed by atoms with Crippen molar-refractivity contribution in [2.75, 3.05) is 39.4 Å². The molecule has 156 valence electrons.